The summed E-state index contributed by atoms with van der Waals surface area (Å²) >= 11 is 0. The van der Waals surface area contributed by atoms with Crippen LogP contribution in [0.4, 0.5) is 14.5 Å². The summed E-state index contributed by atoms with van der Waals surface area (Å²) in [5.74, 6) is -4.90. The van der Waals surface area contributed by atoms with Crippen molar-refractivity contribution in [1.29, 1.82) is 0 Å². The molecule has 3 amide bonds. The second-order valence-electron chi connectivity index (χ2n) is 8.26. The first kappa shape index (κ1) is 19.8. The summed E-state index contributed by atoms with van der Waals surface area (Å²) in [5, 5.41) is 16.0. The Hall–Kier alpha value is -3.17. The molecule has 5 atom stereocenters. The van der Waals surface area contributed by atoms with E-state index in [9.17, 15) is 28.3 Å². The number of anilines is 1. The van der Waals surface area contributed by atoms with E-state index >= 15 is 0 Å². The lowest BCUT2D eigenvalue weighted by atomic mass is 9.76. The molecule has 3 aliphatic rings. The molecule has 3 heterocycles. The molecule has 2 saturated heterocycles. The summed E-state index contributed by atoms with van der Waals surface area (Å²) in [6.45, 7) is 1.37. The summed E-state index contributed by atoms with van der Waals surface area (Å²) in [4.78, 5) is 40.9. The van der Waals surface area contributed by atoms with E-state index in [1.807, 2.05) is 0 Å². The van der Waals surface area contributed by atoms with Crippen molar-refractivity contribution in [3.8, 4) is 0 Å². The van der Waals surface area contributed by atoms with Crippen molar-refractivity contribution in [1.82, 2.24) is 10.2 Å². The zero-order valence-corrected chi connectivity index (χ0v) is 16.4. The Bertz CT molecular complexity index is 1120. The highest BCUT2D eigenvalue weighted by Crippen LogP contribution is 2.53. The highest BCUT2D eigenvalue weighted by atomic mass is 19.1. The number of hydrogen-bond donors (Lipinski definition) is 3. The van der Waals surface area contributed by atoms with E-state index in [1.54, 1.807) is 0 Å². The Morgan fingerprint density at radius 1 is 1.06 bits per heavy atom. The third-order valence-electron chi connectivity index (χ3n) is 6.48. The molecule has 0 aromatic heterocycles. The Morgan fingerprint density at radius 2 is 1.74 bits per heavy atom. The number of hydrogen-bond acceptors (Lipinski definition) is 5. The van der Waals surface area contributed by atoms with Gasteiger partial charge in [0.2, 0.25) is 17.7 Å². The summed E-state index contributed by atoms with van der Waals surface area (Å²) < 4.78 is 27.3. The first-order valence-electron chi connectivity index (χ1n) is 9.91. The fourth-order valence-electron chi connectivity index (χ4n) is 5.11. The van der Waals surface area contributed by atoms with Crippen LogP contribution in [0.5, 0.6) is 0 Å². The molecule has 2 aromatic rings. The first-order valence-corrected chi connectivity index (χ1v) is 9.91. The minimum absolute atomic E-state index is 0.0921. The number of halogens is 2. The van der Waals surface area contributed by atoms with Gasteiger partial charge in [0.25, 0.3) is 0 Å². The SMILES string of the molecule is C[C@H](O)[C@H]1N[C@]2(C(=O)Nc3ccc(F)cc32)[C@@H]2C(=O)N(Cc3ccc(F)cc3)C(=O)[C@H]12. The second kappa shape index (κ2) is 6.66. The summed E-state index contributed by atoms with van der Waals surface area (Å²) in [7, 11) is 0. The number of aliphatic hydroxyl groups excluding tert-OH is 1. The molecular weight excluding hydrogens is 408 g/mol. The number of aliphatic hydroxyl groups is 1. The van der Waals surface area contributed by atoms with Crippen LogP contribution in [0.25, 0.3) is 0 Å². The van der Waals surface area contributed by atoms with Crippen molar-refractivity contribution in [3.63, 3.8) is 0 Å². The fourth-order valence-corrected chi connectivity index (χ4v) is 5.11. The van der Waals surface area contributed by atoms with Crippen LogP contribution >= 0.6 is 0 Å². The molecule has 2 fully saturated rings. The minimum Gasteiger partial charge on any atom is -0.392 e. The molecule has 0 aliphatic carbocycles. The highest BCUT2D eigenvalue weighted by Gasteiger charge is 2.71. The predicted octanol–water partition coefficient (Wildman–Crippen LogP) is 1.27. The van der Waals surface area contributed by atoms with Crippen molar-refractivity contribution < 1.29 is 28.3 Å². The predicted molar refractivity (Wildman–Crippen MR) is 104 cm³/mol. The van der Waals surface area contributed by atoms with Gasteiger partial charge in [-0.1, -0.05) is 12.1 Å². The molecule has 5 rings (SSSR count). The van der Waals surface area contributed by atoms with E-state index < -0.39 is 58.9 Å². The highest BCUT2D eigenvalue weighted by molar-refractivity contribution is 6.15. The molecule has 1 spiro atoms. The number of carbonyl (C=O) groups excluding carboxylic acids is 3. The van der Waals surface area contributed by atoms with Gasteiger partial charge in [-0.3, -0.25) is 24.6 Å². The molecule has 0 bridgehead atoms. The van der Waals surface area contributed by atoms with Gasteiger partial charge in [0.15, 0.2) is 0 Å². The number of likely N-dealkylation sites (tertiary alicyclic amines) is 1. The van der Waals surface area contributed by atoms with Crippen molar-refractivity contribution in [3.05, 3.63) is 65.2 Å². The lowest BCUT2D eigenvalue weighted by Gasteiger charge is -2.30. The normalized spacial score (nSPS) is 30.0. The van der Waals surface area contributed by atoms with Crippen LogP contribution in [0, 0.1) is 23.5 Å². The first-order chi connectivity index (χ1) is 14.7. The van der Waals surface area contributed by atoms with Gasteiger partial charge in [-0.2, -0.15) is 0 Å². The van der Waals surface area contributed by atoms with Crippen LogP contribution in [-0.4, -0.2) is 39.9 Å². The number of amides is 3. The third-order valence-corrected chi connectivity index (χ3v) is 6.48. The summed E-state index contributed by atoms with van der Waals surface area (Å²) in [6, 6.07) is 8.27. The molecule has 31 heavy (non-hydrogen) atoms. The lowest BCUT2D eigenvalue weighted by Crippen LogP contribution is -2.54. The van der Waals surface area contributed by atoms with Crippen molar-refractivity contribution in [2.45, 2.75) is 31.2 Å². The molecule has 0 unspecified atom stereocenters. The minimum atomic E-state index is -1.67. The average molecular weight is 427 g/mol. The second-order valence-corrected chi connectivity index (χ2v) is 8.26. The van der Waals surface area contributed by atoms with Gasteiger partial charge in [0.05, 0.1) is 24.5 Å². The molecule has 160 valence electrons. The number of nitrogens with zero attached hydrogens (tertiary/aromatic N) is 1. The molecular formula is C22H19F2N3O4. The zero-order chi connectivity index (χ0) is 22.1. The van der Waals surface area contributed by atoms with E-state index in [0.717, 1.165) is 4.90 Å². The number of rotatable bonds is 3. The monoisotopic (exact) mass is 427 g/mol. The van der Waals surface area contributed by atoms with E-state index in [-0.39, 0.29) is 12.1 Å². The van der Waals surface area contributed by atoms with Gasteiger partial charge in [0, 0.05) is 17.3 Å². The topological polar surface area (TPSA) is 98.7 Å². The van der Waals surface area contributed by atoms with Crippen molar-refractivity contribution >= 4 is 23.4 Å². The molecule has 3 aliphatic heterocycles. The fraction of sp³-hybridized carbons (Fsp3) is 0.318. The molecule has 7 nitrogen and oxygen atoms in total. The summed E-state index contributed by atoms with van der Waals surface area (Å²) in [6.07, 6.45) is -1.06. The van der Waals surface area contributed by atoms with Gasteiger partial charge in [0.1, 0.15) is 17.2 Å². The number of fused-ring (bicyclic) bond motifs is 4. The molecule has 0 radical (unpaired) electrons. The van der Waals surface area contributed by atoms with Gasteiger partial charge in [-0.25, -0.2) is 8.78 Å². The van der Waals surface area contributed by atoms with Crippen LogP contribution in [0.2, 0.25) is 0 Å². The zero-order valence-electron chi connectivity index (χ0n) is 16.4. The Balaban J connectivity index is 1.61. The van der Waals surface area contributed by atoms with Crippen LogP contribution in [0.3, 0.4) is 0 Å². The van der Waals surface area contributed by atoms with Crippen molar-refractivity contribution in [2.75, 3.05) is 5.32 Å². The number of imide groups is 1. The van der Waals surface area contributed by atoms with E-state index in [0.29, 0.717) is 11.3 Å². The number of nitrogens with one attached hydrogen (secondary N) is 2. The van der Waals surface area contributed by atoms with Gasteiger partial charge in [-0.05, 0) is 42.8 Å². The van der Waals surface area contributed by atoms with Crippen LogP contribution in [0.15, 0.2) is 42.5 Å². The van der Waals surface area contributed by atoms with E-state index in [4.69, 9.17) is 0 Å². The maximum atomic E-state index is 14.1. The smallest absolute Gasteiger partial charge is 0.250 e. The van der Waals surface area contributed by atoms with Crippen LogP contribution in [0.1, 0.15) is 18.1 Å². The number of benzene rings is 2. The lowest BCUT2D eigenvalue weighted by molar-refractivity contribution is -0.143. The van der Waals surface area contributed by atoms with E-state index in [2.05, 4.69) is 10.6 Å². The largest absolute Gasteiger partial charge is 0.392 e. The standard InChI is InChI=1S/C22H19F2N3O4/c1-10(28)18-16-17(20(30)27(19(16)29)9-11-2-4-12(23)5-3-11)22(26-18)14-8-13(24)6-7-15(14)25-21(22)31/h2-8,10,16-18,26,28H,9H2,1H3,(H,25,31)/t10-,16-,17-,18+,22-/m0/s1. The maximum absolute atomic E-state index is 14.1. The molecule has 9 heteroatoms. The van der Waals surface area contributed by atoms with Crippen molar-refractivity contribution in [2.24, 2.45) is 11.8 Å². The number of carbonyl (C=O) groups is 3. The van der Waals surface area contributed by atoms with Gasteiger partial charge < -0.3 is 10.4 Å². The molecule has 3 N–H and O–H groups in total. The Labute approximate surface area is 176 Å². The van der Waals surface area contributed by atoms with E-state index in [1.165, 1.54) is 49.4 Å². The maximum Gasteiger partial charge on any atom is 0.250 e. The van der Waals surface area contributed by atoms with Gasteiger partial charge >= 0.3 is 0 Å². The van der Waals surface area contributed by atoms with Gasteiger partial charge in [-0.15, -0.1) is 0 Å². The molecule has 2 aromatic carbocycles. The average Bonchev–Trinajstić information content (AvgIpc) is 3.31. The summed E-state index contributed by atoms with van der Waals surface area (Å²) in [5.41, 5.74) is -0.545. The molecule has 0 saturated carbocycles. The Kier molecular flexibility index (Phi) is 4.25. The third kappa shape index (κ3) is 2.66. The Morgan fingerprint density at radius 3 is 2.42 bits per heavy atom. The van der Waals surface area contributed by atoms with Crippen LogP contribution < -0.4 is 10.6 Å². The van der Waals surface area contributed by atoms with Crippen LogP contribution in [-0.2, 0) is 26.5 Å². The quantitative estimate of drug-likeness (QED) is 0.641.